The van der Waals surface area contributed by atoms with Gasteiger partial charge in [0.05, 0.1) is 24.7 Å². The zero-order valence-electron chi connectivity index (χ0n) is 11.6. The van der Waals surface area contributed by atoms with E-state index >= 15 is 0 Å². The molecule has 0 fully saturated rings. The lowest BCUT2D eigenvalue weighted by Crippen LogP contribution is -2.07. The molecule has 2 aromatic rings. The Hall–Kier alpha value is -2.74. The van der Waals surface area contributed by atoms with Crippen molar-refractivity contribution in [3.63, 3.8) is 0 Å². The third-order valence-electron chi connectivity index (χ3n) is 2.75. The van der Waals surface area contributed by atoms with Gasteiger partial charge in [-0.3, -0.25) is 10.1 Å². The number of hydrogen-bond donors (Lipinski definition) is 0. The molecule has 0 bridgehead atoms. The zero-order valence-corrected chi connectivity index (χ0v) is 12.3. The van der Waals surface area contributed by atoms with Crippen LogP contribution in [0.25, 0.3) is 11.4 Å². The van der Waals surface area contributed by atoms with Crippen molar-refractivity contribution in [1.82, 2.24) is 9.97 Å². The molecule has 0 aliphatic heterocycles. The number of hydrogen-bond acceptors (Lipinski definition) is 7. The van der Waals surface area contributed by atoms with Gasteiger partial charge in [0.15, 0.2) is 5.82 Å². The Labute approximate surface area is 129 Å². The van der Waals surface area contributed by atoms with Gasteiger partial charge in [0.1, 0.15) is 10.7 Å². The Balaban J connectivity index is 2.79. The molecule has 1 aromatic carbocycles. The Kier molecular flexibility index (Phi) is 4.52. The predicted octanol–water partition coefficient (Wildman–Crippen LogP) is 2.50. The molecule has 22 heavy (non-hydrogen) atoms. The highest BCUT2D eigenvalue weighted by atomic mass is 35.5. The second-order valence-corrected chi connectivity index (χ2v) is 4.39. The van der Waals surface area contributed by atoms with Crippen molar-refractivity contribution >= 4 is 23.3 Å². The number of nitro groups is 1. The van der Waals surface area contributed by atoms with Crippen LogP contribution in [0.15, 0.2) is 24.3 Å². The molecule has 1 aromatic heterocycles. The first-order valence-corrected chi connectivity index (χ1v) is 6.30. The van der Waals surface area contributed by atoms with Crippen LogP contribution >= 0.6 is 11.6 Å². The van der Waals surface area contributed by atoms with Gasteiger partial charge >= 0.3 is 5.97 Å². The van der Waals surface area contributed by atoms with Crippen molar-refractivity contribution in [1.29, 1.82) is 0 Å². The van der Waals surface area contributed by atoms with Crippen LogP contribution in [0.5, 0.6) is 5.88 Å². The molecule has 0 radical (unpaired) electrons. The lowest BCUT2D eigenvalue weighted by Gasteiger charge is -2.09. The first-order chi connectivity index (χ1) is 10.5. The number of carbonyl (C=O) groups excluding carboxylic acids is 1. The minimum absolute atomic E-state index is 0.0239. The molecule has 1 heterocycles. The molecule has 114 valence electrons. The summed E-state index contributed by atoms with van der Waals surface area (Å²) in [6, 6.07) is 5.33. The Morgan fingerprint density at radius 3 is 2.64 bits per heavy atom. The molecule has 0 aliphatic carbocycles. The van der Waals surface area contributed by atoms with E-state index in [4.69, 9.17) is 16.3 Å². The van der Waals surface area contributed by atoms with Crippen LogP contribution in [0.3, 0.4) is 0 Å². The number of rotatable bonds is 4. The summed E-state index contributed by atoms with van der Waals surface area (Å²) < 4.78 is 9.60. The van der Waals surface area contributed by atoms with Crippen LogP contribution in [-0.2, 0) is 4.74 Å². The summed E-state index contributed by atoms with van der Waals surface area (Å²) in [6.07, 6.45) is 0. The van der Waals surface area contributed by atoms with Crippen molar-refractivity contribution in [3.8, 4) is 17.3 Å². The quantitative estimate of drug-likeness (QED) is 0.368. The van der Waals surface area contributed by atoms with Gasteiger partial charge in [0, 0.05) is 12.1 Å². The van der Waals surface area contributed by atoms with Crippen molar-refractivity contribution in [2.45, 2.75) is 0 Å². The van der Waals surface area contributed by atoms with E-state index < -0.39 is 10.9 Å². The maximum Gasteiger partial charge on any atom is 0.338 e. The van der Waals surface area contributed by atoms with Crippen molar-refractivity contribution in [3.05, 3.63) is 45.1 Å². The second-order valence-electron chi connectivity index (χ2n) is 4.01. The summed E-state index contributed by atoms with van der Waals surface area (Å²) in [5.74, 6) is -0.734. The van der Waals surface area contributed by atoms with E-state index in [1.165, 1.54) is 38.5 Å². The largest absolute Gasteiger partial charge is 0.481 e. The number of benzene rings is 1. The third kappa shape index (κ3) is 2.96. The summed E-state index contributed by atoms with van der Waals surface area (Å²) in [6.45, 7) is 0. The normalized spacial score (nSPS) is 10.1. The molecule has 0 spiro atoms. The number of carbonyl (C=O) groups is 1. The third-order valence-corrected chi connectivity index (χ3v) is 2.94. The lowest BCUT2D eigenvalue weighted by atomic mass is 10.0. The molecule has 0 saturated heterocycles. The average Bonchev–Trinajstić information content (AvgIpc) is 2.52. The van der Waals surface area contributed by atoms with E-state index in [0.717, 1.165) is 0 Å². The van der Waals surface area contributed by atoms with Gasteiger partial charge in [-0.1, -0.05) is 17.7 Å². The monoisotopic (exact) mass is 323 g/mol. The molecule has 8 nitrogen and oxygen atoms in total. The van der Waals surface area contributed by atoms with E-state index in [2.05, 4.69) is 14.7 Å². The van der Waals surface area contributed by atoms with Crippen LogP contribution in [0.2, 0.25) is 5.15 Å². The standard InChI is InChI=1S/C13H10ClN3O5/c1-21-10-6-9(14)15-12(16-10)11-7(13(18)22-2)4-3-5-8(11)17(19)20/h3-6H,1-2H3. The fourth-order valence-electron chi connectivity index (χ4n) is 1.82. The average molecular weight is 324 g/mol. The van der Waals surface area contributed by atoms with Gasteiger partial charge in [0.25, 0.3) is 5.69 Å². The Morgan fingerprint density at radius 2 is 2.05 bits per heavy atom. The second kappa shape index (κ2) is 6.35. The fourth-order valence-corrected chi connectivity index (χ4v) is 1.99. The van der Waals surface area contributed by atoms with Gasteiger partial charge in [0.2, 0.25) is 5.88 Å². The molecule has 0 unspecified atom stereocenters. The first kappa shape index (κ1) is 15.6. The van der Waals surface area contributed by atoms with E-state index in [1.807, 2.05) is 0 Å². The van der Waals surface area contributed by atoms with Crippen molar-refractivity contribution in [2.75, 3.05) is 14.2 Å². The molecule has 2 rings (SSSR count). The van der Waals surface area contributed by atoms with Crippen LogP contribution in [0.1, 0.15) is 10.4 Å². The Bertz CT molecular complexity index is 750. The molecule has 9 heteroatoms. The minimum Gasteiger partial charge on any atom is -0.481 e. The number of esters is 1. The van der Waals surface area contributed by atoms with Crippen molar-refractivity contribution < 1.29 is 19.2 Å². The van der Waals surface area contributed by atoms with E-state index in [-0.39, 0.29) is 33.7 Å². The molecule has 0 aliphatic rings. The summed E-state index contributed by atoms with van der Waals surface area (Å²) in [5.41, 5.74) is -0.464. The van der Waals surface area contributed by atoms with Gasteiger partial charge in [-0.15, -0.1) is 0 Å². The van der Waals surface area contributed by atoms with Crippen molar-refractivity contribution in [2.24, 2.45) is 0 Å². The van der Waals surface area contributed by atoms with E-state index in [9.17, 15) is 14.9 Å². The molecular weight excluding hydrogens is 314 g/mol. The maximum absolute atomic E-state index is 11.9. The van der Waals surface area contributed by atoms with Gasteiger partial charge in [-0.2, -0.15) is 4.98 Å². The van der Waals surface area contributed by atoms with Gasteiger partial charge in [-0.05, 0) is 6.07 Å². The number of halogens is 1. The smallest absolute Gasteiger partial charge is 0.338 e. The minimum atomic E-state index is -0.749. The molecule has 0 N–H and O–H groups in total. The molecular formula is C13H10ClN3O5. The van der Waals surface area contributed by atoms with Gasteiger partial charge < -0.3 is 9.47 Å². The summed E-state index contributed by atoms with van der Waals surface area (Å²) in [4.78, 5) is 30.4. The summed E-state index contributed by atoms with van der Waals surface area (Å²) in [5, 5.41) is 11.3. The number of methoxy groups -OCH3 is 2. The highest BCUT2D eigenvalue weighted by molar-refractivity contribution is 6.29. The highest BCUT2D eigenvalue weighted by Gasteiger charge is 2.26. The highest BCUT2D eigenvalue weighted by Crippen LogP contribution is 2.33. The van der Waals surface area contributed by atoms with E-state index in [1.54, 1.807) is 0 Å². The summed E-state index contributed by atoms with van der Waals surface area (Å²) >= 11 is 5.86. The predicted molar refractivity (Wildman–Crippen MR) is 77.0 cm³/mol. The number of nitro benzene ring substituents is 1. The lowest BCUT2D eigenvalue weighted by molar-refractivity contribution is -0.384. The summed E-state index contributed by atoms with van der Waals surface area (Å²) in [7, 11) is 2.54. The first-order valence-electron chi connectivity index (χ1n) is 5.92. The van der Waals surface area contributed by atoms with Crippen LogP contribution < -0.4 is 4.74 Å². The fraction of sp³-hybridized carbons (Fsp3) is 0.154. The Morgan fingerprint density at radius 1 is 1.32 bits per heavy atom. The van der Waals surface area contributed by atoms with Crippen LogP contribution in [0.4, 0.5) is 5.69 Å². The van der Waals surface area contributed by atoms with Crippen LogP contribution in [0, 0.1) is 10.1 Å². The topological polar surface area (TPSA) is 104 Å². The number of ether oxygens (including phenoxy) is 2. The zero-order chi connectivity index (χ0) is 16.3. The maximum atomic E-state index is 11.9. The molecule has 0 amide bonds. The SMILES string of the molecule is COC(=O)c1cccc([N+](=O)[O-])c1-c1nc(Cl)cc(OC)n1. The van der Waals surface area contributed by atoms with Crippen LogP contribution in [-0.4, -0.2) is 35.1 Å². The van der Waals surface area contributed by atoms with E-state index in [0.29, 0.717) is 0 Å². The van der Waals surface area contributed by atoms with Gasteiger partial charge in [-0.25, -0.2) is 9.78 Å². The molecule has 0 saturated carbocycles. The number of nitrogens with zero attached hydrogens (tertiary/aromatic N) is 3. The number of aromatic nitrogens is 2. The molecule has 0 atom stereocenters.